The molecule has 3 aromatic heterocycles. The average molecular weight is 339 g/mol. The van der Waals surface area contributed by atoms with E-state index < -0.39 is 0 Å². The molecule has 0 radical (unpaired) electrons. The molecule has 25 heavy (non-hydrogen) atoms. The molecule has 0 aromatic carbocycles. The third kappa shape index (κ3) is 3.43. The molecule has 7 nitrogen and oxygen atoms in total. The van der Waals surface area contributed by atoms with Gasteiger partial charge in [0.1, 0.15) is 5.82 Å². The van der Waals surface area contributed by atoms with Crippen LogP contribution in [0.4, 0.5) is 0 Å². The van der Waals surface area contributed by atoms with Crippen molar-refractivity contribution in [1.29, 1.82) is 0 Å². The van der Waals surface area contributed by atoms with Gasteiger partial charge in [-0.2, -0.15) is 0 Å². The van der Waals surface area contributed by atoms with Crippen molar-refractivity contribution in [2.24, 2.45) is 7.05 Å². The lowest BCUT2D eigenvalue weighted by atomic mass is 10.3. The van der Waals surface area contributed by atoms with Crippen LogP contribution in [0.1, 0.15) is 22.9 Å². The minimum absolute atomic E-state index is 0.806. The number of fused-ring (bicyclic) bond motifs is 1. The quantitative estimate of drug-likeness (QED) is 0.719. The van der Waals surface area contributed by atoms with E-state index in [4.69, 9.17) is 4.98 Å². The molecule has 0 aliphatic carbocycles. The maximum atomic E-state index is 4.70. The topological polar surface area (TPSA) is 54.5 Å². The van der Waals surface area contributed by atoms with Crippen LogP contribution in [0.2, 0.25) is 0 Å². The van der Waals surface area contributed by atoms with Gasteiger partial charge in [-0.3, -0.25) is 14.2 Å². The number of imidazole rings is 2. The van der Waals surface area contributed by atoms with Crippen molar-refractivity contribution in [1.82, 2.24) is 33.7 Å². The predicted octanol–water partition coefficient (Wildman–Crippen LogP) is 1.40. The summed E-state index contributed by atoms with van der Waals surface area (Å²) in [6.45, 7) is 10.2. The lowest BCUT2D eigenvalue weighted by Gasteiger charge is -2.34. The third-order valence-corrected chi connectivity index (χ3v) is 4.95. The Bertz CT molecular complexity index is 871. The Morgan fingerprint density at radius 3 is 2.40 bits per heavy atom. The van der Waals surface area contributed by atoms with Gasteiger partial charge in [0.05, 0.1) is 12.2 Å². The number of hydrogen-bond donors (Lipinski definition) is 0. The molecule has 132 valence electrons. The number of rotatable bonds is 4. The molecule has 1 fully saturated rings. The molecule has 1 aliphatic rings. The number of piperazine rings is 1. The second-order valence-electron chi connectivity index (χ2n) is 6.95. The summed E-state index contributed by atoms with van der Waals surface area (Å²) in [5, 5.41) is 0. The molecule has 4 rings (SSSR count). The fourth-order valence-electron chi connectivity index (χ4n) is 3.48. The van der Waals surface area contributed by atoms with Crippen LogP contribution in [0.15, 0.2) is 24.7 Å². The van der Waals surface area contributed by atoms with Gasteiger partial charge in [0.2, 0.25) is 5.78 Å². The molecule has 0 bridgehead atoms. The Labute approximate surface area is 147 Å². The minimum Gasteiger partial charge on any atom is -0.337 e. The first-order valence-electron chi connectivity index (χ1n) is 8.81. The minimum atomic E-state index is 0.806. The van der Waals surface area contributed by atoms with E-state index in [1.165, 1.54) is 5.69 Å². The molecule has 3 aromatic rings. The van der Waals surface area contributed by atoms with Gasteiger partial charge >= 0.3 is 0 Å². The Balaban J connectivity index is 1.37. The first kappa shape index (κ1) is 16.2. The second kappa shape index (κ2) is 6.57. The molecule has 0 N–H and O–H groups in total. The average Bonchev–Trinajstić information content (AvgIpc) is 3.16. The van der Waals surface area contributed by atoms with Crippen molar-refractivity contribution in [3.05, 3.63) is 47.6 Å². The molecular formula is C18H25N7. The molecule has 1 aliphatic heterocycles. The van der Waals surface area contributed by atoms with Gasteiger partial charge in [0.15, 0.2) is 0 Å². The SMILES string of the molecule is Cc1cc(C)n2cc(CN3CCN(Cc4nccn4C)CC3)nc2n1. The van der Waals surface area contributed by atoms with Gasteiger partial charge in [-0.25, -0.2) is 15.0 Å². The van der Waals surface area contributed by atoms with Crippen LogP contribution in [0, 0.1) is 13.8 Å². The summed E-state index contributed by atoms with van der Waals surface area (Å²) < 4.78 is 4.18. The fraction of sp³-hybridized carbons (Fsp3) is 0.500. The van der Waals surface area contributed by atoms with E-state index in [0.717, 1.165) is 62.3 Å². The molecule has 0 saturated carbocycles. The second-order valence-corrected chi connectivity index (χ2v) is 6.95. The molecule has 0 atom stereocenters. The third-order valence-electron chi connectivity index (χ3n) is 4.95. The van der Waals surface area contributed by atoms with E-state index in [-0.39, 0.29) is 0 Å². The van der Waals surface area contributed by atoms with Crippen molar-refractivity contribution in [2.75, 3.05) is 26.2 Å². The highest BCUT2D eigenvalue weighted by molar-refractivity contribution is 5.34. The van der Waals surface area contributed by atoms with Crippen molar-refractivity contribution >= 4 is 5.78 Å². The summed E-state index contributed by atoms with van der Waals surface area (Å²) in [4.78, 5) is 18.6. The zero-order chi connectivity index (χ0) is 17.4. The Hall–Kier alpha value is -2.25. The summed E-state index contributed by atoms with van der Waals surface area (Å²) in [7, 11) is 2.06. The number of hydrogen-bond acceptors (Lipinski definition) is 5. The lowest BCUT2D eigenvalue weighted by molar-refractivity contribution is 0.118. The highest BCUT2D eigenvalue weighted by atomic mass is 15.3. The van der Waals surface area contributed by atoms with Crippen LogP contribution < -0.4 is 0 Å². The standard InChI is InChI=1S/C18H25N7/c1-14-10-15(2)25-12-16(21-18(25)20-14)11-23-6-8-24(9-7-23)13-17-19-4-5-22(17)3/h4-5,10,12H,6-9,11,13H2,1-3H3. The van der Waals surface area contributed by atoms with Crippen LogP contribution in [0.25, 0.3) is 5.78 Å². The Morgan fingerprint density at radius 1 is 1.00 bits per heavy atom. The smallest absolute Gasteiger partial charge is 0.234 e. The summed E-state index contributed by atoms with van der Waals surface area (Å²) in [5.74, 6) is 1.94. The molecule has 4 heterocycles. The summed E-state index contributed by atoms with van der Waals surface area (Å²) in [6.07, 6.45) is 6.00. The first-order valence-corrected chi connectivity index (χ1v) is 8.81. The van der Waals surface area contributed by atoms with E-state index in [9.17, 15) is 0 Å². The molecule has 1 saturated heterocycles. The fourth-order valence-corrected chi connectivity index (χ4v) is 3.48. The van der Waals surface area contributed by atoms with E-state index in [1.54, 1.807) is 0 Å². The monoisotopic (exact) mass is 339 g/mol. The van der Waals surface area contributed by atoms with Gasteiger partial charge < -0.3 is 4.57 Å². The molecule has 7 heteroatoms. The van der Waals surface area contributed by atoms with Crippen LogP contribution in [-0.2, 0) is 20.1 Å². The predicted molar refractivity (Wildman–Crippen MR) is 96.2 cm³/mol. The van der Waals surface area contributed by atoms with Crippen molar-refractivity contribution in [3.63, 3.8) is 0 Å². The molecule has 0 unspecified atom stereocenters. The van der Waals surface area contributed by atoms with Crippen molar-refractivity contribution < 1.29 is 0 Å². The van der Waals surface area contributed by atoms with Crippen LogP contribution >= 0.6 is 0 Å². The maximum absolute atomic E-state index is 4.70. The van der Waals surface area contributed by atoms with Crippen LogP contribution in [0.5, 0.6) is 0 Å². The number of nitrogens with zero attached hydrogens (tertiary/aromatic N) is 7. The summed E-state index contributed by atoms with van der Waals surface area (Å²) in [6, 6.07) is 2.09. The van der Waals surface area contributed by atoms with Crippen molar-refractivity contribution in [3.8, 4) is 0 Å². The van der Waals surface area contributed by atoms with Gasteiger partial charge in [0.25, 0.3) is 0 Å². The summed E-state index contributed by atoms with van der Waals surface area (Å²) >= 11 is 0. The number of aryl methyl sites for hydroxylation is 3. The first-order chi connectivity index (χ1) is 12.1. The van der Waals surface area contributed by atoms with Gasteiger partial charge in [0, 0.05) is 69.7 Å². The van der Waals surface area contributed by atoms with Gasteiger partial charge in [-0.1, -0.05) is 0 Å². The van der Waals surface area contributed by atoms with E-state index >= 15 is 0 Å². The molecule has 0 amide bonds. The summed E-state index contributed by atoms with van der Waals surface area (Å²) in [5.41, 5.74) is 3.30. The highest BCUT2D eigenvalue weighted by Crippen LogP contribution is 2.13. The number of aromatic nitrogens is 5. The van der Waals surface area contributed by atoms with E-state index in [1.807, 2.05) is 19.3 Å². The zero-order valence-corrected chi connectivity index (χ0v) is 15.2. The van der Waals surface area contributed by atoms with Gasteiger partial charge in [-0.15, -0.1) is 0 Å². The maximum Gasteiger partial charge on any atom is 0.234 e. The molecule has 0 spiro atoms. The van der Waals surface area contributed by atoms with Gasteiger partial charge in [-0.05, 0) is 19.9 Å². The lowest BCUT2D eigenvalue weighted by Crippen LogP contribution is -2.45. The highest BCUT2D eigenvalue weighted by Gasteiger charge is 2.19. The normalized spacial score (nSPS) is 16.8. The Kier molecular flexibility index (Phi) is 4.27. The van der Waals surface area contributed by atoms with E-state index in [0.29, 0.717) is 0 Å². The van der Waals surface area contributed by atoms with Crippen LogP contribution in [-0.4, -0.2) is 59.9 Å². The molecular weight excluding hydrogens is 314 g/mol. The Morgan fingerprint density at radius 2 is 1.72 bits per heavy atom. The zero-order valence-electron chi connectivity index (χ0n) is 15.2. The van der Waals surface area contributed by atoms with Crippen molar-refractivity contribution in [2.45, 2.75) is 26.9 Å². The van der Waals surface area contributed by atoms with Crippen LogP contribution in [0.3, 0.4) is 0 Å². The largest absolute Gasteiger partial charge is 0.337 e. The van der Waals surface area contributed by atoms with E-state index in [2.05, 4.69) is 55.0 Å².